The van der Waals surface area contributed by atoms with Crippen molar-refractivity contribution in [3.63, 3.8) is 0 Å². The summed E-state index contributed by atoms with van der Waals surface area (Å²) in [6.07, 6.45) is 0. The molecule has 0 amide bonds. The van der Waals surface area contributed by atoms with E-state index in [4.69, 9.17) is 9.97 Å². The van der Waals surface area contributed by atoms with Gasteiger partial charge in [-0.1, -0.05) is 72.4 Å². The van der Waals surface area contributed by atoms with Crippen LogP contribution in [0.5, 0.6) is 0 Å². The number of fused-ring (bicyclic) bond motifs is 2. The lowest BCUT2D eigenvalue weighted by atomic mass is 10.2. The number of anilines is 2. The minimum atomic E-state index is -0.200. The first-order chi connectivity index (χ1) is 19.6. The third kappa shape index (κ3) is 5.12. The molecule has 0 aliphatic rings. The van der Waals surface area contributed by atoms with Gasteiger partial charge in [-0.25, -0.2) is 14.6 Å². The van der Waals surface area contributed by atoms with E-state index < -0.39 is 0 Å². The average Bonchev–Trinajstić information content (AvgIpc) is 2.99. The predicted molar refractivity (Wildman–Crippen MR) is 160 cm³/mol. The van der Waals surface area contributed by atoms with Crippen molar-refractivity contribution in [2.75, 3.05) is 10.7 Å². The zero-order valence-corrected chi connectivity index (χ0v) is 22.5. The number of hydrogen-bond acceptors (Lipinski definition) is 8. The van der Waals surface area contributed by atoms with Crippen LogP contribution in [0, 0.1) is 6.92 Å². The molecule has 0 aliphatic heterocycles. The van der Waals surface area contributed by atoms with E-state index >= 15 is 0 Å². The van der Waals surface area contributed by atoms with Crippen LogP contribution < -0.4 is 16.3 Å². The minimum Gasteiger partial charge on any atom is -0.392 e. The Labute approximate surface area is 234 Å². The Morgan fingerprint density at radius 3 is 2.10 bits per heavy atom. The molecule has 0 saturated heterocycles. The van der Waals surface area contributed by atoms with Crippen molar-refractivity contribution >= 4 is 45.3 Å². The molecule has 0 bridgehead atoms. The summed E-state index contributed by atoms with van der Waals surface area (Å²) in [4.78, 5) is 29.4. The molecule has 6 aromatic rings. The van der Waals surface area contributed by atoms with E-state index in [9.17, 15) is 9.90 Å². The molecular weight excluding hydrogens is 520 g/mol. The lowest BCUT2D eigenvalue weighted by Gasteiger charge is -2.16. The molecule has 4 aromatic carbocycles. The third-order valence-corrected chi connectivity index (χ3v) is 7.77. The Balaban J connectivity index is 1.32. The van der Waals surface area contributed by atoms with Gasteiger partial charge in [0.25, 0.3) is 5.56 Å². The topological polar surface area (TPSA) is 105 Å². The molecular formula is C31H26N6O2S. The van der Waals surface area contributed by atoms with E-state index in [0.29, 0.717) is 35.0 Å². The molecule has 0 aliphatic carbocycles. The molecule has 0 radical (unpaired) electrons. The SMILES string of the molecule is Cc1nc2ccccc2c(=O)n1Nc1nc(NCc2ccccc2Sc2ccccc2CO)nc2ccccc12. The highest BCUT2D eigenvalue weighted by molar-refractivity contribution is 7.99. The molecule has 0 atom stereocenters. The molecule has 2 aromatic heterocycles. The Morgan fingerprint density at radius 2 is 1.35 bits per heavy atom. The van der Waals surface area contributed by atoms with Gasteiger partial charge in [0.1, 0.15) is 5.82 Å². The average molecular weight is 547 g/mol. The van der Waals surface area contributed by atoms with E-state index in [-0.39, 0.29) is 12.2 Å². The molecule has 9 heteroatoms. The number of aliphatic hydroxyl groups is 1. The molecule has 0 spiro atoms. The van der Waals surface area contributed by atoms with E-state index in [2.05, 4.69) is 27.9 Å². The van der Waals surface area contributed by atoms with Gasteiger partial charge in [0, 0.05) is 21.7 Å². The molecule has 8 nitrogen and oxygen atoms in total. The number of nitrogens with one attached hydrogen (secondary N) is 2. The van der Waals surface area contributed by atoms with Crippen molar-refractivity contribution in [1.82, 2.24) is 19.6 Å². The third-order valence-electron chi connectivity index (χ3n) is 6.54. The maximum atomic E-state index is 13.3. The molecule has 3 N–H and O–H groups in total. The zero-order valence-electron chi connectivity index (χ0n) is 21.7. The monoisotopic (exact) mass is 546 g/mol. The zero-order chi connectivity index (χ0) is 27.5. The molecule has 0 saturated carbocycles. The Kier molecular flexibility index (Phi) is 7.13. The molecule has 0 unspecified atom stereocenters. The van der Waals surface area contributed by atoms with Crippen molar-refractivity contribution in [3.8, 4) is 0 Å². The molecule has 40 heavy (non-hydrogen) atoms. The molecule has 6 rings (SSSR count). The standard InChI is InChI=1S/C31H26N6O2S/c1-20-33-26-15-7-5-13-24(26)30(39)37(20)36-29-23-12-4-6-14-25(23)34-31(35-29)32-18-21-10-2-8-16-27(21)40-28-17-9-3-11-22(28)19-38/h2-17,38H,18-19H2,1H3,(H2,32,34,35,36). The van der Waals surface area contributed by atoms with Gasteiger partial charge in [0.2, 0.25) is 5.95 Å². The van der Waals surface area contributed by atoms with Crippen LogP contribution in [-0.2, 0) is 13.2 Å². The van der Waals surface area contributed by atoms with Crippen LogP contribution in [-0.4, -0.2) is 24.7 Å². The van der Waals surface area contributed by atoms with Crippen molar-refractivity contribution in [2.24, 2.45) is 0 Å². The number of aliphatic hydroxyl groups excluding tert-OH is 1. The first-order valence-electron chi connectivity index (χ1n) is 12.8. The number of nitrogens with zero attached hydrogens (tertiary/aromatic N) is 4. The van der Waals surface area contributed by atoms with E-state index in [1.54, 1.807) is 24.8 Å². The summed E-state index contributed by atoms with van der Waals surface area (Å²) in [5, 5.41) is 14.4. The highest BCUT2D eigenvalue weighted by atomic mass is 32.2. The van der Waals surface area contributed by atoms with Gasteiger partial charge in [0.05, 0.1) is 23.0 Å². The fraction of sp³-hybridized carbons (Fsp3) is 0.0968. The van der Waals surface area contributed by atoms with Crippen LogP contribution in [0.4, 0.5) is 11.8 Å². The lowest BCUT2D eigenvalue weighted by Crippen LogP contribution is -2.30. The maximum Gasteiger partial charge on any atom is 0.280 e. The van der Waals surface area contributed by atoms with Crippen molar-refractivity contribution in [2.45, 2.75) is 29.9 Å². The fourth-order valence-corrected chi connectivity index (χ4v) is 5.56. The van der Waals surface area contributed by atoms with Crippen molar-refractivity contribution in [3.05, 3.63) is 124 Å². The number of hydrogen-bond donors (Lipinski definition) is 3. The highest BCUT2D eigenvalue weighted by Crippen LogP contribution is 2.33. The second-order valence-electron chi connectivity index (χ2n) is 9.17. The fourth-order valence-electron chi connectivity index (χ4n) is 4.50. The quantitative estimate of drug-likeness (QED) is 0.221. The normalized spacial score (nSPS) is 11.2. The van der Waals surface area contributed by atoms with Gasteiger partial charge in [-0.2, -0.15) is 4.98 Å². The largest absolute Gasteiger partial charge is 0.392 e. The first-order valence-corrected chi connectivity index (χ1v) is 13.6. The first kappa shape index (κ1) is 25.5. The van der Waals surface area contributed by atoms with Crippen LogP contribution in [0.15, 0.2) is 112 Å². The van der Waals surface area contributed by atoms with E-state index in [1.807, 2.05) is 78.9 Å². The van der Waals surface area contributed by atoms with Crippen LogP contribution in [0.1, 0.15) is 17.0 Å². The Bertz CT molecular complexity index is 1910. The summed E-state index contributed by atoms with van der Waals surface area (Å²) in [6.45, 7) is 2.26. The number of aryl methyl sites for hydroxylation is 1. The van der Waals surface area contributed by atoms with Gasteiger partial charge in [-0.05, 0) is 54.4 Å². The van der Waals surface area contributed by atoms with Gasteiger partial charge in [-0.3, -0.25) is 10.2 Å². The highest BCUT2D eigenvalue weighted by Gasteiger charge is 2.13. The van der Waals surface area contributed by atoms with E-state index in [0.717, 1.165) is 31.8 Å². The minimum absolute atomic E-state index is 0.0143. The van der Waals surface area contributed by atoms with Gasteiger partial charge < -0.3 is 10.4 Å². The predicted octanol–water partition coefficient (Wildman–Crippen LogP) is 5.78. The van der Waals surface area contributed by atoms with Gasteiger partial charge in [-0.15, -0.1) is 0 Å². The number of rotatable bonds is 8. The molecule has 0 fully saturated rings. The lowest BCUT2D eigenvalue weighted by molar-refractivity contribution is 0.279. The van der Waals surface area contributed by atoms with Crippen LogP contribution in [0.2, 0.25) is 0 Å². The summed E-state index contributed by atoms with van der Waals surface area (Å²) >= 11 is 1.61. The maximum absolute atomic E-state index is 13.3. The summed E-state index contributed by atoms with van der Waals surface area (Å²) in [5.74, 6) is 1.45. The number of aromatic nitrogens is 4. The van der Waals surface area contributed by atoms with Crippen molar-refractivity contribution < 1.29 is 5.11 Å². The van der Waals surface area contributed by atoms with Crippen LogP contribution in [0.3, 0.4) is 0 Å². The molecule has 198 valence electrons. The summed E-state index contributed by atoms with van der Waals surface area (Å²) in [6, 6.07) is 30.9. The molecule has 2 heterocycles. The van der Waals surface area contributed by atoms with Crippen LogP contribution >= 0.6 is 11.8 Å². The van der Waals surface area contributed by atoms with Gasteiger partial charge in [0.15, 0.2) is 5.82 Å². The smallest absolute Gasteiger partial charge is 0.280 e. The number of benzene rings is 4. The number of para-hydroxylation sites is 2. The Hall–Kier alpha value is -4.73. The Morgan fingerprint density at radius 1 is 0.750 bits per heavy atom. The summed E-state index contributed by atoms with van der Waals surface area (Å²) in [7, 11) is 0. The second kappa shape index (κ2) is 11.2. The van der Waals surface area contributed by atoms with Crippen molar-refractivity contribution in [1.29, 1.82) is 0 Å². The van der Waals surface area contributed by atoms with Gasteiger partial charge >= 0.3 is 0 Å². The summed E-state index contributed by atoms with van der Waals surface area (Å²) < 4.78 is 1.42. The van der Waals surface area contributed by atoms with E-state index in [1.165, 1.54) is 4.68 Å². The van der Waals surface area contributed by atoms with Crippen LogP contribution in [0.25, 0.3) is 21.8 Å². The second-order valence-corrected chi connectivity index (χ2v) is 10.3. The summed E-state index contributed by atoms with van der Waals surface area (Å²) in [5.41, 5.74) is 6.33.